The first-order valence-electron chi connectivity index (χ1n) is 8.47. The maximum absolute atomic E-state index is 12.8. The monoisotopic (exact) mass is 391 g/mol. The second kappa shape index (κ2) is 7.63. The van der Waals surface area contributed by atoms with Gasteiger partial charge in [-0.15, -0.1) is 0 Å². The van der Waals surface area contributed by atoms with Gasteiger partial charge in [0.15, 0.2) is 5.75 Å². The van der Waals surface area contributed by atoms with Crippen molar-refractivity contribution in [3.8, 4) is 5.75 Å². The molecule has 1 aromatic heterocycles. The van der Waals surface area contributed by atoms with Crippen molar-refractivity contribution < 1.29 is 23.1 Å². The fourth-order valence-electron chi connectivity index (χ4n) is 2.94. The quantitative estimate of drug-likeness (QED) is 0.823. The smallest absolute Gasteiger partial charge is 0.255 e. The molecule has 2 N–H and O–H groups in total. The highest BCUT2D eigenvalue weighted by Gasteiger charge is 2.32. The van der Waals surface area contributed by atoms with Gasteiger partial charge in [-0.1, -0.05) is 0 Å². The number of amides is 1. The summed E-state index contributed by atoms with van der Waals surface area (Å²) in [5, 5.41) is 12.2. The highest BCUT2D eigenvalue weighted by atomic mass is 32.2. The van der Waals surface area contributed by atoms with Crippen molar-refractivity contribution >= 4 is 21.6 Å². The number of rotatable bonds is 4. The Hall–Kier alpha value is -2.49. The van der Waals surface area contributed by atoms with Crippen LogP contribution < -0.4 is 5.32 Å². The molecular formula is C18H21N3O5S. The van der Waals surface area contributed by atoms with Crippen LogP contribution in [0.15, 0.2) is 47.6 Å². The van der Waals surface area contributed by atoms with E-state index in [0.29, 0.717) is 0 Å². The van der Waals surface area contributed by atoms with Gasteiger partial charge in [-0.05, 0) is 44.2 Å². The molecule has 2 aromatic rings. The number of sulfonamides is 1. The number of anilines is 1. The maximum atomic E-state index is 12.8. The number of pyridine rings is 1. The van der Waals surface area contributed by atoms with Gasteiger partial charge < -0.3 is 15.2 Å². The molecule has 0 saturated carbocycles. The lowest BCUT2D eigenvalue weighted by molar-refractivity contribution is -0.0440. The number of hydrogen-bond acceptors (Lipinski definition) is 6. The number of benzene rings is 1. The number of hydrogen-bond donors (Lipinski definition) is 2. The first-order valence-corrected chi connectivity index (χ1v) is 9.91. The molecule has 2 heterocycles. The van der Waals surface area contributed by atoms with Crippen molar-refractivity contribution in [3.05, 3.63) is 48.3 Å². The second-order valence-corrected chi connectivity index (χ2v) is 8.39. The van der Waals surface area contributed by atoms with E-state index in [9.17, 15) is 18.3 Å². The molecule has 9 heteroatoms. The minimum absolute atomic E-state index is 0.118. The Morgan fingerprint density at radius 3 is 2.41 bits per heavy atom. The summed E-state index contributed by atoms with van der Waals surface area (Å²) >= 11 is 0. The molecule has 1 fully saturated rings. The average Bonchev–Trinajstić information content (AvgIpc) is 2.63. The van der Waals surface area contributed by atoms with Crippen molar-refractivity contribution in [2.45, 2.75) is 31.0 Å². The zero-order valence-corrected chi connectivity index (χ0v) is 15.8. The molecule has 144 valence electrons. The molecule has 1 aromatic carbocycles. The highest BCUT2D eigenvalue weighted by molar-refractivity contribution is 7.89. The largest absolute Gasteiger partial charge is 0.504 e. The van der Waals surface area contributed by atoms with Gasteiger partial charge in [0.2, 0.25) is 10.0 Å². The summed E-state index contributed by atoms with van der Waals surface area (Å²) in [6.45, 7) is 4.24. The predicted octanol–water partition coefficient (Wildman–Crippen LogP) is 1.84. The van der Waals surface area contributed by atoms with Crippen LogP contribution >= 0.6 is 0 Å². The van der Waals surface area contributed by atoms with Crippen molar-refractivity contribution in [3.63, 3.8) is 0 Å². The lowest BCUT2D eigenvalue weighted by Gasteiger charge is -2.34. The Morgan fingerprint density at radius 1 is 1.19 bits per heavy atom. The molecule has 1 saturated heterocycles. The van der Waals surface area contributed by atoms with Crippen LogP contribution in [-0.4, -0.2) is 54.0 Å². The zero-order chi connectivity index (χ0) is 19.6. The molecular weight excluding hydrogens is 370 g/mol. The van der Waals surface area contributed by atoms with Gasteiger partial charge in [0.1, 0.15) is 0 Å². The third kappa shape index (κ3) is 4.26. The van der Waals surface area contributed by atoms with Crippen molar-refractivity contribution in [1.29, 1.82) is 0 Å². The molecule has 2 atom stereocenters. The van der Waals surface area contributed by atoms with Crippen LogP contribution in [-0.2, 0) is 14.8 Å². The Bertz CT molecular complexity index is 920. The number of aromatic nitrogens is 1. The Labute approximate surface area is 157 Å². The van der Waals surface area contributed by atoms with Crippen LogP contribution in [0.3, 0.4) is 0 Å². The van der Waals surface area contributed by atoms with Crippen LogP contribution in [0.1, 0.15) is 24.2 Å². The minimum Gasteiger partial charge on any atom is -0.504 e. The van der Waals surface area contributed by atoms with E-state index in [1.165, 1.54) is 47.0 Å². The fourth-order valence-corrected chi connectivity index (χ4v) is 4.53. The number of ether oxygens (including phenoxy) is 1. The van der Waals surface area contributed by atoms with Gasteiger partial charge in [-0.3, -0.25) is 9.78 Å². The maximum Gasteiger partial charge on any atom is 0.255 e. The summed E-state index contributed by atoms with van der Waals surface area (Å²) in [6, 6.07) is 7.15. The number of carbonyl (C=O) groups excluding carboxylic acids is 1. The number of aromatic hydroxyl groups is 1. The lowest BCUT2D eigenvalue weighted by atomic mass is 10.2. The van der Waals surface area contributed by atoms with E-state index in [0.717, 1.165) is 0 Å². The van der Waals surface area contributed by atoms with E-state index in [2.05, 4.69) is 10.3 Å². The summed E-state index contributed by atoms with van der Waals surface area (Å²) in [7, 11) is -3.66. The van der Waals surface area contributed by atoms with Crippen LogP contribution in [0.5, 0.6) is 5.75 Å². The van der Waals surface area contributed by atoms with Crippen molar-refractivity contribution in [2.75, 3.05) is 18.4 Å². The number of nitrogens with zero attached hydrogens (tertiary/aromatic N) is 2. The van der Waals surface area contributed by atoms with Gasteiger partial charge in [0.05, 0.1) is 29.0 Å². The van der Waals surface area contributed by atoms with E-state index in [-0.39, 0.29) is 47.2 Å². The Kier molecular flexibility index (Phi) is 5.45. The summed E-state index contributed by atoms with van der Waals surface area (Å²) in [4.78, 5) is 16.2. The number of nitrogens with one attached hydrogen (secondary N) is 1. The number of morpholine rings is 1. The molecule has 8 nitrogen and oxygen atoms in total. The molecule has 1 aliphatic rings. The van der Waals surface area contributed by atoms with Crippen LogP contribution in [0, 0.1) is 0 Å². The normalized spacial score (nSPS) is 21.0. The first kappa shape index (κ1) is 19.3. The molecule has 1 aliphatic heterocycles. The summed E-state index contributed by atoms with van der Waals surface area (Å²) in [6.07, 6.45) is 2.30. The molecule has 0 bridgehead atoms. The Balaban J connectivity index is 1.76. The van der Waals surface area contributed by atoms with Crippen LogP contribution in [0.4, 0.5) is 5.69 Å². The van der Waals surface area contributed by atoms with Gasteiger partial charge in [-0.25, -0.2) is 8.42 Å². The van der Waals surface area contributed by atoms with E-state index >= 15 is 0 Å². The lowest BCUT2D eigenvalue weighted by Crippen LogP contribution is -2.48. The Morgan fingerprint density at radius 2 is 1.81 bits per heavy atom. The van der Waals surface area contributed by atoms with Gasteiger partial charge in [0, 0.05) is 24.8 Å². The predicted molar refractivity (Wildman–Crippen MR) is 99.1 cm³/mol. The molecule has 0 unspecified atom stereocenters. The van der Waals surface area contributed by atoms with Gasteiger partial charge in [-0.2, -0.15) is 4.31 Å². The fraction of sp³-hybridized carbons (Fsp3) is 0.333. The first-order chi connectivity index (χ1) is 12.8. The van der Waals surface area contributed by atoms with E-state index < -0.39 is 15.9 Å². The number of carbonyl (C=O) groups is 1. The topological polar surface area (TPSA) is 109 Å². The average molecular weight is 391 g/mol. The third-order valence-corrected chi connectivity index (χ3v) is 6.03. The second-order valence-electron chi connectivity index (χ2n) is 6.45. The zero-order valence-electron chi connectivity index (χ0n) is 15.0. The van der Waals surface area contributed by atoms with E-state index in [1.807, 2.05) is 13.8 Å². The third-order valence-electron chi connectivity index (χ3n) is 4.19. The summed E-state index contributed by atoms with van der Waals surface area (Å²) < 4.78 is 32.6. The minimum atomic E-state index is -3.66. The molecule has 0 spiro atoms. The van der Waals surface area contributed by atoms with E-state index in [4.69, 9.17) is 4.74 Å². The SMILES string of the molecule is C[C@H]1CN(S(=O)(=O)c2ccc(C(=O)Nc3ccncc3O)cc2)C[C@H](C)O1. The van der Waals surface area contributed by atoms with Crippen molar-refractivity contribution in [2.24, 2.45) is 0 Å². The van der Waals surface area contributed by atoms with Crippen LogP contribution in [0.2, 0.25) is 0 Å². The highest BCUT2D eigenvalue weighted by Crippen LogP contribution is 2.23. The standard InChI is InChI=1S/C18H21N3O5S/c1-12-10-21(11-13(2)26-12)27(24,25)15-5-3-14(4-6-15)18(23)20-16-7-8-19-9-17(16)22/h3-9,12-13,22H,10-11H2,1-2H3,(H,19,20,23)/t12-,13-/m0/s1. The molecule has 0 radical (unpaired) electrons. The van der Waals surface area contributed by atoms with Crippen LogP contribution in [0.25, 0.3) is 0 Å². The van der Waals surface area contributed by atoms with Crippen molar-refractivity contribution in [1.82, 2.24) is 9.29 Å². The summed E-state index contributed by atoms with van der Waals surface area (Å²) in [5.74, 6) is -0.616. The van der Waals surface area contributed by atoms with E-state index in [1.54, 1.807) is 0 Å². The summed E-state index contributed by atoms with van der Waals surface area (Å²) in [5.41, 5.74) is 0.497. The van der Waals surface area contributed by atoms with Gasteiger partial charge in [0.25, 0.3) is 5.91 Å². The molecule has 0 aliphatic carbocycles. The molecule has 3 rings (SSSR count). The molecule has 27 heavy (non-hydrogen) atoms. The molecule has 1 amide bonds. The van der Waals surface area contributed by atoms with Gasteiger partial charge >= 0.3 is 0 Å².